The zero-order valence-corrected chi connectivity index (χ0v) is 16.3. The lowest BCUT2D eigenvalue weighted by Gasteiger charge is -2.41. The third-order valence-corrected chi connectivity index (χ3v) is 7.93. The molecule has 0 N–H and O–H groups in total. The number of hydrogen-bond donors (Lipinski definition) is 0. The summed E-state index contributed by atoms with van der Waals surface area (Å²) in [6, 6.07) is 4.66. The molecule has 4 unspecified atom stereocenters. The van der Waals surface area contributed by atoms with Crippen LogP contribution in [0.15, 0.2) is 16.6 Å². The molecule has 0 spiro atoms. The lowest BCUT2D eigenvalue weighted by molar-refractivity contribution is 0.129. The Morgan fingerprint density at radius 3 is 2.43 bits per heavy atom. The molecule has 0 aliphatic heterocycles. The summed E-state index contributed by atoms with van der Waals surface area (Å²) < 4.78 is 1.24. The van der Waals surface area contributed by atoms with Crippen LogP contribution in [0.5, 0.6) is 0 Å². The monoisotopic (exact) mass is 412 g/mol. The van der Waals surface area contributed by atoms with Crippen molar-refractivity contribution < 1.29 is 0 Å². The van der Waals surface area contributed by atoms with Gasteiger partial charge in [0.2, 0.25) is 0 Å². The average Bonchev–Trinajstić information content (AvgIpc) is 2.50. The molecule has 1 aromatic carbocycles. The topological polar surface area (TPSA) is 0 Å². The summed E-state index contributed by atoms with van der Waals surface area (Å²) in [7, 11) is 0. The smallest absolute Gasteiger partial charge is 0.0426 e. The van der Waals surface area contributed by atoms with E-state index < -0.39 is 0 Å². The third kappa shape index (κ3) is 3.42. The number of hydrogen-bond acceptors (Lipinski definition) is 0. The maximum Gasteiger partial charge on any atom is 0.0426 e. The fourth-order valence-electron chi connectivity index (χ4n) is 4.53. The van der Waals surface area contributed by atoms with Gasteiger partial charge in [0, 0.05) is 9.30 Å². The maximum absolute atomic E-state index is 4.06. The number of rotatable bonds is 2. The van der Waals surface area contributed by atoms with Gasteiger partial charge in [-0.05, 0) is 73.6 Å². The standard InChI is InChI=1S/C19H26Br2/c1-12-10-18(20)13(2)9-17(12)19(21)16-8-7-14-5-3-4-6-15(14)11-16/h9-10,14-16,19H,3-8,11H2,1-2H3. The van der Waals surface area contributed by atoms with Gasteiger partial charge in [-0.1, -0.05) is 63.6 Å². The van der Waals surface area contributed by atoms with Crippen molar-refractivity contribution in [3.8, 4) is 0 Å². The van der Waals surface area contributed by atoms with Gasteiger partial charge in [0.15, 0.2) is 0 Å². The van der Waals surface area contributed by atoms with Crippen LogP contribution in [0.2, 0.25) is 0 Å². The average molecular weight is 414 g/mol. The van der Waals surface area contributed by atoms with E-state index in [1.807, 2.05) is 0 Å². The van der Waals surface area contributed by atoms with Gasteiger partial charge in [-0.3, -0.25) is 0 Å². The van der Waals surface area contributed by atoms with E-state index in [0.29, 0.717) is 4.83 Å². The highest BCUT2D eigenvalue weighted by Crippen LogP contribution is 2.49. The van der Waals surface area contributed by atoms with Crippen molar-refractivity contribution in [2.24, 2.45) is 17.8 Å². The second-order valence-corrected chi connectivity index (χ2v) is 9.08. The number of halogens is 2. The van der Waals surface area contributed by atoms with Crippen molar-refractivity contribution in [1.29, 1.82) is 0 Å². The highest BCUT2D eigenvalue weighted by molar-refractivity contribution is 9.10. The summed E-state index contributed by atoms with van der Waals surface area (Å²) in [5.74, 6) is 2.88. The Morgan fingerprint density at radius 2 is 1.67 bits per heavy atom. The molecule has 21 heavy (non-hydrogen) atoms. The summed E-state index contributed by atoms with van der Waals surface area (Å²) in [6.07, 6.45) is 10.2. The Kier molecular flexibility index (Phi) is 5.15. The van der Waals surface area contributed by atoms with Crippen LogP contribution in [0.4, 0.5) is 0 Å². The first kappa shape index (κ1) is 16.1. The molecule has 3 rings (SSSR count). The first-order valence-electron chi connectivity index (χ1n) is 8.47. The van der Waals surface area contributed by atoms with Gasteiger partial charge in [-0.15, -0.1) is 0 Å². The molecule has 2 fully saturated rings. The molecule has 0 heterocycles. The van der Waals surface area contributed by atoms with Crippen LogP contribution in [-0.4, -0.2) is 0 Å². The zero-order valence-electron chi connectivity index (χ0n) is 13.2. The van der Waals surface area contributed by atoms with Crippen LogP contribution in [0.3, 0.4) is 0 Å². The molecule has 0 nitrogen and oxygen atoms in total. The van der Waals surface area contributed by atoms with Crippen LogP contribution in [0.25, 0.3) is 0 Å². The number of alkyl halides is 1. The molecule has 1 aromatic rings. The summed E-state index contributed by atoms with van der Waals surface area (Å²) in [6.45, 7) is 4.45. The van der Waals surface area contributed by atoms with Gasteiger partial charge in [-0.25, -0.2) is 0 Å². The predicted octanol–water partition coefficient (Wildman–Crippen LogP) is 7.11. The summed E-state index contributed by atoms with van der Waals surface area (Å²) in [5, 5.41) is 0. The van der Waals surface area contributed by atoms with Gasteiger partial charge < -0.3 is 0 Å². The highest BCUT2D eigenvalue weighted by Gasteiger charge is 2.35. The van der Waals surface area contributed by atoms with E-state index >= 15 is 0 Å². The minimum atomic E-state index is 0.534. The molecular formula is C19H26Br2. The summed E-state index contributed by atoms with van der Waals surface area (Å²) in [5.41, 5.74) is 4.28. The van der Waals surface area contributed by atoms with Crippen molar-refractivity contribution in [3.05, 3.63) is 33.3 Å². The zero-order chi connectivity index (χ0) is 15.0. The molecule has 0 aromatic heterocycles. The van der Waals surface area contributed by atoms with E-state index in [9.17, 15) is 0 Å². The molecule has 4 atom stereocenters. The normalized spacial score (nSPS) is 30.8. The Labute approximate surface area is 146 Å². The van der Waals surface area contributed by atoms with E-state index in [-0.39, 0.29) is 0 Å². The van der Waals surface area contributed by atoms with Crippen LogP contribution in [0, 0.1) is 31.6 Å². The number of benzene rings is 1. The molecule has 0 amide bonds. The first-order chi connectivity index (χ1) is 10.1. The quantitative estimate of drug-likeness (QED) is 0.453. The largest absolute Gasteiger partial charge is 0.0836 e. The fourth-order valence-corrected chi connectivity index (χ4v) is 5.96. The molecule has 0 bridgehead atoms. The van der Waals surface area contributed by atoms with Crippen LogP contribution >= 0.6 is 31.9 Å². The Bertz CT molecular complexity index is 509. The first-order valence-corrected chi connectivity index (χ1v) is 10.2. The molecule has 0 saturated heterocycles. The van der Waals surface area contributed by atoms with Crippen molar-refractivity contribution in [2.75, 3.05) is 0 Å². The molecule has 2 aliphatic carbocycles. The van der Waals surface area contributed by atoms with Crippen LogP contribution < -0.4 is 0 Å². The second-order valence-electron chi connectivity index (χ2n) is 7.24. The van der Waals surface area contributed by atoms with E-state index in [4.69, 9.17) is 0 Å². The minimum Gasteiger partial charge on any atom is -0.0836 e. The Morgan fingerprint density at radius 1 is 0.952 bits per heavy atom. The molecule has 2 heteroatoms. The van der Waals surface area contributed by atoms with Crippen LogP contribution in [-0.2, 0) is 0 Å². The molecule has 0 radical (unpaired) electrons. The van der Waals surface area contributed by atoms with Gasteiger partial charge in [-0.2, -0.15) is 0 Å². The van der Waals surface area contributed by atoms with Crippen molar-refractivity contribution in [2.45, 2.75) is 63.6 Å². The predicted molar refractivity (Wildman–Crippen MR) is 98.1 cm³/mol. The summed E-state index contributed by atoms with van der Waals surface area (Å²) in [4.78, 5) is 0.534. The van der Waals surface area contributed by atoms with Crippen molar-refractivity contribution >= 4 is 31.9 Å². The number of aryl methyl sites for hydroxylation is 2. The van der Waals surface area contributed by atoms with Gasteiger partial charge >= 0.3 is 0 Å². The lowest BCUT2D eigenvalue weighted by atomic mass is 9.66. The maximum atomic E-state index is 4.06. The van der Waals surface area contributed by atoms with E-state index in [2.05, 4.69) is 57.8 Å². The molecular weight excluding hydrogens is 388 g/mol. The summed E-state index contributed by atoms with van der Waals surface area (Å²) >= 11 is 7.71. The SMILES string of the molecule is Cc1cc(C(Br)C2CCC3CCCCC3C2)c(C)cc1Br. The minimum absolute atomic E-state index is 0.534. The lowest BCUT2D eigenvalue weighted by Crippen LogP contribution is -2.29. The fraction of sp³-hybridized carbons (Fsp3) is 0.684. The highest BCUT2D eigenvalue weighted by atomic mass is 79.9. The van der Waals surface area contributed by atoms with Gasteiger partial charge in [0.25, 0.3) is 0 Å². The molecule has 2 aliphatic rings. The van der Waals surface area contributed by atoms with E-state index in [1.165, 1.54) is 66.1 Å². The van der Waals surface area contributed by atoms with Gasteiger partial charge in [0.1, 0.15) is 0 Å². The molecule has 116 valence electrons. The number of fused-ring (bicyclic) bond motifs is 1. The van der Waals surface area contributed by atoms with Crippen molar-refractivity contribution in [1.82, 2.24) is 0 Å². The Balaban J connectivity index is 1.76. The van der Waals surface area contributed by atoms with E-state index in [0.717, 1.165) is 17.8 Å². The second kappa shape index (κ2) is 6.74. The van der Waals surface area contributed by atoms with Crippen molar-refractivity contribution in [3.63, 3.8) is 0 Å². The van der Waals surface area contributed by atoms with E-state index in [1.54, 1.807) is 0 Å². The third-order valence-electron chi connectivity index (χ3n) is 5.84. The van der Waals surface area contributed by atoms with Gasteiger partial charge in [0.05, 0.1) is 0 Å². The molecule has 2 saturated carbocycles. The Hall–Kier alpha value is 0.180. The van der Waals surface area contributed by atoms with Crippen LogP contribution in [0.1, 0.15) is 66.5 Å².